The molecule has 1 saturated carbocycles. The van der Waals surface area contributed by atoms with Crippen molar-refractivity contribution in [1.29, 1.82) is 0 Å². The van der Waals surface area contributed by atoms with Crippen molar-refractivity contribution in [1.82, 2.24) is 0 Å². The third kappa shape index (κ3) is 3.84. The number of carbonyl (C=O) groups is 2. The molecule has 0 atom stereocenters. The smallest absolute Gasteiger partial charge is 0.298 e. The van der Waals surface area contributed by atoms with Gasteiger partial charge in [0.25, 0.3) is 5.24 Å². The van der Waals surface area contributed by atoms with Crippen LogP contribution in [-0.2, 0) is 10.2 Å². The molecule has 2 aliphatic rings. The number of methoxy groups -OCH3 is 1. The maximum atomic E-state index is 12.2. The molecule has 2 fully saturated rings. The lowest BCUT2D eigenvalue weighted by atomic mass is 9.70. The molecule has 1 amide bonds. The fourth-order valence-corrected chi connectivity index (χ4v) is 5.83. The van der Waals surface area contributed by atoms with Crippen LogP contribution in [0.2, 0.25) is 0 Å². The summed E-state index contributed by atoms with van der Waals surface area (Å²) in [7, 11) is 1.75. The molecular formula is C28H27NO3S. The molecule has 5 heteroatoms. The van der Waals surface area contributed by atoms with Crippen molar-refractivity contribution in [2.24, 2.45) is 0 Å². The van der Waals surface area contributed by atoms with E-state index in [1.807, 2.05) is 18.2 Å². The van der Waals surface area contributed by atoms with Gasteiger partial charge in [-0.1, -0.05) is 57.0 Å². The molecule has 1 heterocycles. The number of hydrogen-bond acceptors (Lipinski definition) is 4. The molecule has 1 aliphatic carbocycles. The molecule has 0 radical (unpaired) electrons. The van der Waals surface area contributed by atoms with E-state index >= 15 is 0 Å². The minimum absolute atomic E-state index is 0.144. The first-order chi connectivity index (χ1) is 15.9. The average Bonchev–Trinajstić information content (AvgIpc) is 3.09. The number of benzene rings is 3. The van der Waals surface area contributed by atoms with Gasteiger partial charge in [-0.05, 0) is 70.5 Å². The van der Waals surface area contributed by atoms with Crippen LogP contribution in [0.1, 0.15) is 44.6 Å². The Morgan fingerprint density at radius 1 is 0.909 bits per heavy atom. The third-order valence-corrected chi connectivity index (χ3v) is 7.87. The predicted molar refractivity (Wildman–Crippen MR) is 136 cm³/mol. The normalized spacial score (nSPS) is 18.2. The lowest BCUT2D eigenvalue weighted by molar-refractivity contribution is -0.107. The molecule has 1 aliphatic heterocycles. The van der Waals surface area contributed by atoms with Crippen molar-refractivity contribution in [3.8, 4) is 16.9 Å². The lowest BCUT2D eigenvalue weighted by Gasteiger charge is -2.35. The number of thioether (sulfide) groups is 1. The first kappa shape index (κ1) is 21.8. The van der Waals surface area contributed by atoms with Gasteiger partial charge in [0, 0.05) is 17.3 Å². The molecule has 0 N–H and O–H groups in total. The zero-order valence-electron chi connectivity index (χ0n) is 19.0. The van der Waals surface area contributed by atoms with Gasteiger partial charge in [0.1, 0.15) is 5.75 Å². The number of rotatable bonds is 4. The molecule has 0 spiro atoms. The molecule has 4 nitrogen and oxygen atoms in total. The van der Waals surface area contributed by atoms with Gasteiger partial charge in [0.15, 0.2) is 0 Å². The molecule has 0 unspecified atom stereocenters. The quantitative estimate of drug-likeness (QED) is 0.382. The first-order valence-electron chi connectivity index (χ1n) is 11.4. The van der Waals surface area contributed by atoms with E-state index < -0.39 is 0 Å². The summed E-state index contributed by atoms with van der Waals surface area (Å²) in [5, 5.41) is 1.49. The predicted octanol–water partition coefficient (Wildman–Crippen LogP) is 7.45. The summed E-state index contributed by atoms with van der Waals surface area (Å²) >= 11 is 0.690. The van der Waals surface area contributed by atoms with Crippen molar-refractivity contribution in [3.05, 3.63) is 72.4 Å². The summed E-state index contributed by atoms with van der Waals surface area (Å²) < 4.78 is 5.75. The summed E-state index contributed by atoms with van der Waals surface area (Å²) in [5.41, 5.74) is 4.64. The molecule has 33 heavy (non-hydrogen) atoms. The van der Waals surface area contributed by atoms with E-state index in [1.54, 1.807) is 7.11 Å². The maximum Gasteiger partial charge on any atom is 0.298 e. The second kappa shape index (κ2) is 8.38. The highest BCUT2D eigenvalue weighted by atomic mass is 32.2. The minimum atomic E-state index is -0.303. The highest BCUT2D eigenvalue weighted by Crippen LogP contribution is 2.44. The van der Waals surface area contributed by atoms with Gasteiger partial charge in [-0.2, -0.15) is 0 Å². The minimum Gasteiger partial charge on any atom is -0.496 e. The Labute approximate surface area is 198 Å². The van der Waals surface area contributed by atoms with Gasteiger partial charge in [0.2, 0.25) is 5.12 Å². The second-order valence-electron chi connectivity index (χ2n) is 9.22. The zero-order chi connectivity index (χ0) is 23.2. The van der Waals surface area contributed by atoms with Crippen molar-refractivity contribution in [3.63, 3.8) is 0 Å². The number of amides is 1. The Morgan fingerprint density at radius 2 is 1.58 bits per heavy atom. The van der Waals surface area contributed by atoms with Gasteiger partial charge in [-0.25, -0.2) is 0 Å². The van der Waals surface area contributed by atoms with E-state index in [1.165, 1.54) is 48.1 Å². The molecule has 3 aromatic rings. The molecular weight excluding hydrogens is 430 g/mol. The average molecular weight is 458 g/mol. The number of fused-ring (bicyclic) bond motifs is 1. The van der Waals surface area contributed by atoms with Gasteiger partial charge < -0.3 is 4.74 Å². The Bertz CT molecular complexity index is 1290. The van der Waals surface area contributed by atoms with Gasteiger partial charge in [-0.3, -0.25) is 14.5 Å². The molecule has 0 bridgehead atoms. The fraction of sp³-hybridized carbons (Fsp3) is 0.286. The third-order valence-electron chi connectivity index (χ3n) is 7.09. The van der Waals surface area contributed by atoms with Gasteiger partial charge >= 0.3 is 0 Å². The SMILES string of the molecule is C=C1C(=O)SC(=O)N1c1ccc2cc(-c3ccc(OC)c(C4(C)CCCCC4)c3)ccc2c1. The van der Waals surface area contributed by atoms with Crippen LogP contribution >= 0.6 is 11.8 Å². The van der Waals surface area contributed by atoms with Gasteiger partial charge in [-0.15, -0.1) is 0 Å². The largest absolute Gasteiger partial charge is 0.496 e. The molecule has 168 valence electrons. The van der Waals surface area contributed by atoms with Crippen LogP contribution in [0.5, 0.6) is 5.75 Å². The highest BCUT2D eigenvalue weighted by molar-refractivity contribution is 8.27. The summed E-state index contributed by atoms with van der Waals surface area (Å²) in [6.45, 7) is 6.14. The topological polar surface area (TPSA) is 46.6 Å². The number of nitrogens with zero attached hydrogens (tertiary/aromatic N) is 1. The van der Waals surface area contributed by atoms with Crippen LogP contribution in [0.25, 0.3) is 21.9 Å². The fourth-order valence-electron chi connectivity index (χ4n) is 5.16. The maximum absolute atomic E-state index is 12.2. The molecule has 1 saturated heterocycles. The van der Waals surface area contributed by atoms with Crippen LogP contribution in [0.4, 0.5) is 10.5 Å². The molecule has 0 aromatic heterocycles. The lowest BCUT2D eigenvalue weighted by Crippen LogP contribution is -2.25. The van der Waals surface area contributed by atoms with Gasteiger partial charge in [0.05, 0.1) is 18.5 Å². The van der Waals surface area contributed by atoms with E-state index in [9.17, 15) is 9.59 Å². The van der Waals surface area contributed by atoms with E-state index in [2.05, 4.69) is 49.9 Å². The monoisotopic (exact) mass is 457 g/mol. The van der Waals surface area contributed by atoms with Crippen molar-refractivity contribution >= 4 is 38.6 Å². The van der Waals surface area contributed by atoms with Crippen LogP contribution in [-0.4, -0.2) is 17.5 Å². The Morgan fingerprint density at radius 3 is 2.27 bits per heavy atom. The van der Waals surface area contributed by atoms with Crippen LogP contribution in [0.3, 0.4) is 0 Å². The summed E-state index contributed by atoms with van der Waals surface area (Å²) in [6, 6.07) is 18.7. The standard InChI is InChI=1S/C28H27NO3S/c1-18-26(30)33-27(31)29(18)23-11-9-20-15-19(7-8-21(20)16-23)22-10-12-25(32-3)24(17-22)28(2)13-5-4-6-14-28/h7-12,15-17H,1,4-6,13-14H2,2-3H3. The van der Waals surface area contributed by atoms with Crippen LogP contribution in [0, 0.1) is 0 Å². The number of anilines is 1. The van der Waals surface area contributed by atoms with E-state index in [0.717, 1.165) is 22.1 Å². The zero-order valence-corrected chi connectivity index (χ0v) is 19.8. The molecule has 3 aromatic carbocycles. The second-order valence-corrected chi connectivity index (χ2v) is 10.1. The van der Waals surface area contributed by atoms with E-state index in [4.69, 9.17) is 4.74 Å². The number of ether oxygens (including phenoxy) is 1. The number of carbonyl (C=O) groups excluding carboxylic acids is 2. The summed E-state index contributed by atoms with van der Waals surface area (Å²) in [4.78, 5) is 25.4. The summed E-state index contributed by atoms with van der Waals surface area (Å²) in [6.07, 6.45) is 6.22. The van der Waals surface area contributed by atoms with E-state index in [-0.39, 0.29) is 21.5 Å². The Hall–Kier alpha value is -3.05. The van der Waals surface area contributed by atoms with Crippen LogP contribution < -0.4 is 9.64 Å². The molecule has 5 rings (SSSR count). The van der Waals surface area contributed by atoms with Crippen molar-refractivity contribution in [2.75, 3.05) is 12.0 Å². The van der Waals surface area contributed by atoms with Crippen LogP contribution in [0.15, 0.2) is 66.9 Å². The highest BCUT2D eigenvalue weighted by Gasteiger charge is 2.34. The van der Waals surface area contributed by atoms with Crippen molar-refractivity contribution < 1.29 is 14.3 Å². The van der Waals surface area contributed by atoms with E-state index in [0.29, 0.717) is 17.4 Å². The van der Waals surface area contributed by atoms with Crippen molar-refractivity contribution in [2.45, 2.75) is 44.4 Å². The Kier molecular flexibility index (Phi) is 5.53. The number of hydrogen-bond donors (Lipinski definition) is 0. The summed E-state index contributed by atoms with van der Waals surface area (Å²) in [5.74, 6) is 0.969. The first-order valence-corrected chi connectivity index (χ1v) is 12.2. The Balaban J connectivity index is 1.52.